The SMILES string of the molecule is CCCCCC[C@H](C)COc1ccc(OCCCCCCCCCCCP(OCC)OCC)c(F)c1F. The summed E-state index contributed by atoms with van der Waals surface area (Å²) < 4.78 is 51.2. The number of halogens is 2. The molecule has 0 aliphatic carbocycles. The first-order chi connectivity index (χ1) is 18.0. The Morgan fingerprint density at radius 1 is 0.676 bits per heavy atom. The predicted molar refractivity (Wildman–Crippen MR) is 152 cm³/mol. The van der Waals surface area contributed by atoms with E-state index in [1.165, 1.54) is 69.9 Å². The van der Waals surface area contributed by atoms with Gasteiger partial charge in [-0.3, -0.25) is 0 Å². The minimum atomic E-state index is -0.955. The third kappa shape index (κ3) is 16.6. The van der Waals surface area contributed by atoms with Crippen LogP contribution in [0.1, 0.15) is 118 Å². The van der Waals surface area contributed by atoms with Gasteiger partial charge >= 0.3 is 0 Å². The van der Waals surface area contributed by atoms with Crippen LogP contribution in [0.5, 0.6) is 11.5 Å². The van der Waals surface area contributed by atoms with Crippen LogP contribution in [0.2, 0.25) is 0 Å². The van der Waals surface area contributed by atoms with Gasteiger partial charge in [-0.25, -0.2) is 0 Å². The highest BCUT2D eigenvalue weighted by atomic mass is 31.2. The predicted octanol–water partition coefficient (Wildman–Crippen LogP) is 10.2. The minimum absolute atomic E-state index is 0.0326. The zero-order chi connectivity index (χ0) is 27.1. The second kappa shape index (κ2) is 23.0. The van der Waals surface area contributed by atoms with E-state index in [1.807, 2.05) is 13.8 Å². The molecule has 0 fully saturated rings. The van der Waals surface area contributed by atoms with E-state index in [2.05, 4.69) is 13.8 Å². The van der Waals surface area contributed by atoms with E-state index in [0.29, 0.717) is 19.1 Å². The molecule has 1 aromatic carbocycles. The lowest BCUT2D eigenvalue weighted by molar-refractivity contribution is 0.232. The molecule has 0 aromatic heterocycles. The first-order valence-electron chi connectivity index (χ1n) is 14.8. The van der Waals surface area contributed by atoms with Crippen molar-refractivity contribution in [1.82, 2.24) is 0 Å². The van der Waals surface area contributed by atoms with Gasteiger partial charge in [-0.2, -0.15) is 8.78 Å². The molecule has 1 rings (SSSR count). The molecule has 7 heteroatoms. The van der Waals surface area contributed by atoms with Crippen molar-refractivity contribution in [3.63, 3.8) is 0 Å². The molecular formula is C30H53F2O4P. The van der Waals surface area contributed by atoms with E-state index in [1.54, 1.807) is 0 Å². The molecular weight excluding hydrogens is 493 g/mol. The molecule has 0 unspecified atom stereocenters. The van der Waals surface area contributed by atoms with E-state index < -0.39 is 20.0 Å². The Kier molecular flexibility index (Phi) is 21.1. The van der Waals surface area contributed by atoms with Crippen LogP contribution in [0.25, 0.3) is 0 Å². The number of rotatable bonds is 25. The van der Waals surface area contributed by atoms with Gasteiger partial charge in [0, 0.05) is 6.16 Å². The molecule has 216 valence electrons. The molecule has 37 heavy (non-hydrogen) atoms. The van der Waals surface area contributed by atoms with Crippen molar-refractivity contribution in [2.75, 3.05) is 32.6 Å². The Labute approximate surface area is 227 Å². The van der Waals surface area contributed by atoms with Crippen LogP contribution in [0.15, 0.2) is 12.1 Å². The second-order valence-corrected chi connectivity index (χ2v) is 11.5. The fourth-order valence-electron chi connectivity index (χ4n) is 4.19. The number of hydrogen-bond acceptors (Lipinski definition) is 4. The summed E-state index contributed by atoms with van der Waals surface area (Å²) in [7, 11) is -0.690. The Morgan fingerprint density at radius 2 is 1.19 bits per heavy atom. The first kappa shape index (κ1) is 34.1. The van der Waals surface area contributed by atoms with Gasteiger partial charge in [-0.05, 0) is 51.2 Å². The minimum Gasteiger partial charge on any atom is -0.490 e. The fraction of sp³-hybridized carbons (Fsp3) is 0.800. The molecule has 0 aliphatic heterocycles. The zero-order valence-electron chi connectivity index (χ0n) is 24.0. The summed E-state index contributed by atoms with van der Waals surface area (Å²) in [5.74, 6) is -1.66. The Balaban J connectivity index is 2.10. The summed E-state index contributed by atoms with van der Waals surface area (Å²) >= 11 is 0. The highest BCUT2D eigenvalue weighted by Crippen LogP contribution is 2.39. The van der Waals surface area contributed by atoms with E-state index in [4.69, 9.17) is 18.5 Å². The van der Waals surface area contributed by atoms with Crippen molar-refractivity contribution in [2.45, 2.75) is 118 Å². The van der Waals surface area contributed by atoms with E-state index >= 15 is 0 Å². The van der Waals surface area contributed by atoms with Gasteiger partial charge in [-0.1, -0.05) is 84.5 Å². The van der Waals surface area contributed by atoms with E-state index in [-0.39, 0.29) is 11.5 Å². The van der Waals surface area contributed by atoms with Crippen molar-refractivity contribution in [3.05, 3.63) is 23.8 Å². The van der Waals surface area contributed by atoms with E-state index in [0.717, 1.165) is 51.5 Å². The summed E-state index contributed by atoms with van der Waals surface area (Å²) in [5, 5.41) is 0. The van der Waals surface area contributed by atoms with Crippen molar-refractivity contribution in [2.24, 2.45) is 5.92 Å². The van der Waals surface area contributed by atoms with Gasteiger partial charge in [0.2, 0.25) is 11.6 Å². The lowest BCUT2D eigenvalue weighted by Gasteiger charge is -2.15. The summed E-state index contributed by atoms with van der Waals surface area (Å²) in [6.07, 6.45) is 17.3. The van der Waals surface area contributed by atoms with Gasteiger partial charge in [0.05, 0.1) is 26.4 Å². The third-order valence-electron chi connectivity index (χ3n) is 6.37. The van der Waals surface area contributed by atoms with Crippen LogP contribution in [0.4, 0.5) is 8.78 Å². The fourth-order valence-corrected chi connectivity index (χ4v) is 5.58. The number of hydrogen-bond donors (Lipinski definition) is 0. The number of benzene rings is 1. The summed E-state index contributed by atoms with van der Waals surface area (Å²) in [6, 6.07) is 2.96. The maximum Gasteiger partial charge on any atom is 0.204 e. The summed E-state index contributed by atoms with van der Waals surface area (Å²) in [6.45, 7) is 10.5. The van der Waals surface area contributed by atoms with Gasteiger partial charge in [0.1, 0.15) is 0 Å². The Bertz CT molecular complexity index is 671. The van der Waals surface area contributed by atoms with Gasteiger partial charge in [-0.15, -0.1) is 0 Å². The molecule has 0 heterocycles. The zero-order valence-corrected chi connectivity index (χ0v) is 24.9. The number of ether oxygens (including phenoxy) is 2. The summed E-state index contributed by atoms with van der Waals surface area (Å²) in [5.41, 5.74) is 0. The molecule has 0 radical (unpaired) electrons. The quantitative estimate of drug-likeness (QED) is 0.0903. The molecule has 0 N–H and O–H groups in total. The van der Waals surface area contributed by atoms with Gasteiger partial charge < -0.3 is 18.5 Å². The molecule has 1 aromatic rings. The van der Waals surface area contributed by atoms with Gasteiger partial charge in [0.25, 0.3) is 0 Å². The molecule has 0 saturated heterocycles. The maximum absolute atomic E-state index is 14.4. The van der Waals surface area contributed by atoms with Crippen LogP contribution in [0.3, 0.4) is 0 Å². The van der Waals surface area contributed by atoms with Crippen LogP contribution < -0.4 is 9.47 Å². The lowest BCUT2D eigenvalue weighted by Crippen LogP contribution is -2.10. The molecule has 4 nitrogen and oxygen atoms in total. The van der Waals surface area contributed by atoms with Crippen molar-refractivity contribution >= 4 is 8.38 Å². The highest BCUT2D eigenvalue weighted by Gasteiger charge is 2.16. The van der Waals surface area contributed by atoms with Gasteiger partial charge in [0.15, 0.2) is 19.9 Å². The van der Waals surface area contributed by atoms with Crippen LogP contribution in [-0.2, 0) is 9.05 Å². The van der Waals surface area contributed by atoms with E-state index in [9.17, 15) is 8.78 Å². The second-order valence-electron chi connectivity index (χ2n) is 9.88. The Morgan fingerprint density at radius 3 is 1.76 bits per heavy atom. The van der Waals surface area contributed by atoms with Crippen molar-refractivity contribution < 1.29 is 27.3 Å². The monoisotopic (exact) mass is 546 g/mol. The largest absolute Gasteiger partial charge is 0.490 e. The molecule has 0 spiro atoms. The smallest absolute Gasteiger partial charge is 0.204 e. The van der Waals surface area contributed by atoms with Crippen molar-refractivity contribution in [3.8, 4) is 11.5 Å². The highest BCUT2D eigenvalue weighted by molar-refractivity contribution is 7.47. The maximum atomic E-state index is 14.4. The first-order valence-corrected chi connectivity index (χ1v) is 16.2. The number of unbranched alkanes of at least 4 members (excludes halogenated alkanes) is 11. The van der Waals surface area contributed by atoms with Crippen LogP contribution in [-0.4, -0.2) is 32.6 Å². The standard InChI is InChI=1S/C30H53F2O4P/c1-5-8-9-17-20-26(4)25-34-28-22-21-27(29(31)30(28)32)33-23-18-15-13-11-10-12-14-16-19-24-37(35-6-2)36-7-3/h21-22,26H,5-20,23-25H2,1-4H3/t26-/m0/s1. The topological polar surface area (TPSA) is 36.9 Å². The summed E-state index contributed by atoms with van der Waals surface area (Å²) in [4.78, 5) is 0. The molecule has 0 amide bonds. The normalized spacial score (nSPS) is 12.3. The average molecular weight is 547 g/mol. The third-order valence-corrected chi connectivity index (χ3v) is 8.15. The molecule has 0 bridgehead atoms. The Hall–Kier alpha value is -0.970. The van der Waals surface area contributed by atoms with Crippen LogP contribution in [0, 0.1) is 17.6 Å². The molecule has 0 saturated carbocycles. The van der Waals surface area contributed by atoms with Crippen molar-refractivity contribution in [1.29, 1.82) is 0 Å². The lowest BCUT2D eigenvalue weighted by atomic mass is 10.0. The molecule has 0 aliphatic rings. The molecule has 1 atom stereocenters. The average Bonchev–Trinajstić information content (AvgIpc) is 2.89. The van der Waals surface area contributed by atoms with Crippen LogP contribution >= 0.6 is 8.38 Å².